The molecule has 0 aliphatic rings. The lowest BCUT2D eigenvalue weighted by molar-refractivity contribution is 0.0696. The molecule has 1 heterocycles. The number of carboxylic acid groups (broad SMARTS) is 1. The van der Waals surface area contributed by atoms with E-state index in [1.165, 1.54) is 0 Å². The Bertz CT molecular complexity index is 493. The lowest BCUT2D eigenvalue weighted by Gasteiger charge is -2.29. The van der Waals surface area contributed by atoms with Crippen molar-refractivity contribution in [2.24, 2.45) is 0 Å². The Hall–Kier alpha value is -1.62. The zero-order chi connectivity index (χ0) is 16.2. The summed E-state index contributed by atoms with van der Waals surface area (Å²) in [5.74, 6) is -0.244. The van der Waals surface area contributed by atoms with Gasteiger partial charge in [-0.05, 0) is 26.0 Å². The van der Waals surface area contributed by atoms with Crippen LogP contribution in [-0.4, -0.2) is 42.4 Å². The van der Waals surface area contributed by atoms with Crippen LogP contribution in [0.5, 0.6) is 0 Å². The number of nitrogens with zero attached hydrogens (tertiary/aromatic N) is 2. The van der Waals surface area contributed by atoms with E-state index in [-0.39, 0.29) is 17.0 Å². The molecule has 5 heteroatoms. The van der Waals surface area contributed by atoms with Crippen LogP contribution in [0.2, 0.25) is 0 Å². The highest BCUT2D eigenvalue weighted by Crippen LogP contribution is 2.25. The summed E-state index contributed by atoms with van der Waals surface area (Å²) < 4.78 is 5.13. The summed E-state index contributed by atoms with van der Waals surface area (Å²) in [6.45, 7) is 11.4. The summed E-state index contributed by atoms with van der Waals surface area (Å²) in [5, 5.41) is 9.32. The highest BCUT2D eigenvalue weighted by atomic mass is 16.5. The van der Waals surface area contributed by atoms with Crippen molar-refractivity contribution in [3.05, 3.63) is 23.4 Å². The third-order valence-electron chi connectivity index (χ3n) is 3.28. The second-order valence-electron chi connectivity index (χ2n) is 6.43. The minimum atomic E-state index is -0.931. The molecule has 0 unspecified atom stereocenters. The van der Waals surface area contributed by atoms with Gasteiger partial charge in [0.15, 0.2) is 0 Å². The summed E-state index contributed by atoms with van der Waals surface area (Å²) in [5.41, 5.74) is 0.845. The SMILES string of the molecule is COCCN(c1cc(C(=O)O)cc(C(C)(C)C)n1)C(C)C. The Morgan fingerprint density at radius 2 is 2.00 bits per heavy atom. The van der Waals surface area contributed by atoms with E-state index < -0.39 is 5.97 Å². The van der Waals surface area contributed by atoms with Crippen molar-refractivity contribution in [1.82, 2.24) is 4.98 Å². The quantitative estimate of drug-likeness (QED) is 0.874. The van der Waals surface area contributed by atoms with Crippen molar-refractivity contribution in [2.45, 2.75) is 46.1 Å². The largest absolute Gasteiger partial charge is 0.478 e. The molecule has 5 nitrogen and oxygen atoms in total. The summed E-state index contributed by atoms with van der Waals surface area (Å²) >= 11 is 0. The molecule has 0 fully saturated rings. The number of methoxy groups -OCH3 is 1. The third-order valence-corrected chi connectivity index (χ3v) is 3.28. The first kappa shape index (κ1) is 17.4. The monoisotopic (exact) mass is 294 g/mol. The van der Waals surface area contributed by atoms with Crippen molar-refractivity contribution < 1.29 is 14.6 Å². The molecule has 0 radical (unpaired) electrons. The molecule has 0 atom stereocenters. The van der Waals surface area contributed by atoms with Gasteiger partial charge in [0.1, 0.15) is 5.82 Å². The van der Waals surface area contributed by atoms with Crippen molar-refractivity contribution >= 4 is 11.8 Å². The van der Waals surface area contributed by atoms with Gasteiger partial charge < -0.3 is 14.7 Å². The van der Waals surface area contributed by atoms with Crippen LogP contribution >= 0.6 is 0 Å². The van der Waals surface area contributed by atoms with Gasteiger partial charge in [-0.2, -0.15) is 0 Å². The first-order valence-electron chi connectivity index (χ1n) is 7.18. The van der Waals surface area contributed by atoms with E-state index in [1.54, 1.807) is 19.2 Å². The van der Waals surface area contributed by atoms with Gasteiger partial charge in [0.05, 0.1) is 12.2 Å². The maximum Gasteiger partial charge on any atom is 0.335 e. The number of hydrogen-bond acceptors (Lipinski definition) is 4. The van der Waals surface area contributed by atoms with Gasteiger partial charge in [0.25, 0.3) is 0 Å². The number of hydrogen-bond donors (Lipinski definition) is 1. The van der Waals surface area contributed by atoms with Gasteiger partial charge in [-0.25, -0.2) is 9.78 Å². The van der Waals surface area contributed by atoms with Crippen LogP contribution in [0.1, 0.15) is 50.7 Å². The fourth-order valence-corrected chi connectivity index (χ4v) is 2.00. The van der Waals surface area contributed by atoms with Crippen LogP contribution in [0.3, 0.4) is 0 Å². The molecular weight excluding hydrogens is 268 g/mol. The number of carbonyl (C=O) groups is 1. The number of aromatic nitrogens is 1. The average molecular weight is 294 g/mol. The molecule has 118 valence electrons. The van der Waals surface area contributed by atoms with Gasteiger partial charge in [-0.15, -0.1) is 0 Å². The van der Waals surface area contributed by atoms with Crippen LogP contribution in [0, 0.1) is 0 Å². The van der Waals surface area contributed by atoms with Gasteiger partial charge in [0, 0.05) is 30.8 Å². The van der Waals surface area contributed by atoms with E-state index in [1.807, 2.05) is 20.8 Å². The van der Waals surface area contributed by atoms with E-state index >= 15 is 0 Å². The number of rotatable bonds is 6. The second kappa shape index (κ2) is 6.89. The van der Waals surface area contributed by atoms with Crippen molar-refractivity contribution in [1.29, 1.82) is 0 Å². The smallest absolute Gasteiger partial charge is 0.335 e. The van der Waals surface area contributed by atoms with Gasteiger partial charge in [-0.3, -0.25) is 0 Å². The fourth-order valence-electron chi connectivity index (χ4n) is 2.00. The Labute approximate surface area is 126 Å². The first-order valence-corrected chi connectivity index (χ1v) is 7.18. The lowest BCUT2D eigenvalue weighted by atomic mass is 9.90. The Balaban J connectivity index is 3.31. The number of aromatic carboxylic acids is 1. The number of anilines is 1. The Morgan fingerprint density at radius 1 is 1.38 bits per heavy atom. The van der Waals surface area contributed by atoms with Crippen molar-refractivity contribution in [2.75, 3.05) is 25.2 Å². The summed E-state index contributed by atoms with van der Waals surface area (Å²) in [7, 11) is 1.65. The molecular formula is C16H26N2O3. The van der Waals surface area contributed by atoms with Crippen LogP contribution in [0.4, 0.5) is 5.82 Å². The molecule has 0 aromatic carbocycles. The topological polar surface area (TPSA) is 62.7 Å². The number of pyridine rings is 1. The second-order valence-corrected chi connectivity index (χ2v) is 6.43. The van der Waals surface area contributed by atoms with Gasteiger partial charge in [0.2, 0.25) is 0 Å². The standard InChI is InChI=1S/C16H26N2O3/c1-11(2)18(7-8-21-6)14-10-12(15(19)20)9-13(17-14)16(3,4)5/h9-11H,7-8H2,1-6H3,(H,19,20). The summed E-state index contributed by atoms with van der Waals surface area (Å²) in [6, 6.07) is 3.50. The third kappa shape index (κ3) is 4.70. The molecule has 0 aliphatic carbocycles. The first-order chi connectivity index (χ1) is 9.66. The Morgan fingerprint density at radius 3 is 2.43 bits per heavy atom. The molecule has 0 amide bonds. The van der Waals surface area contributed by atoms with Crippen molar-refractivity contribution in [3.8, 4) is 0 Å². The highest BCUT2D eigenvalue weighted by molar-refractivity contribution is 5.88. The van der Waals surface area contributed by atoms with Crippen LogP contribution in [0.25, 0.3) is 0 Å². The summed E-state index contributed by atoms with van der Waals surface area (Å²) in [4.78, 5) is 18.1. The maximum atomic E-state index is 11.4. The predicted octanol–water partition coefficient (Wildman–Crippen LogP) is 2.94. The van der Waals surface area contributed by atoms with Crippen LogP contribution < -0.4 is 4.90 Å². The molecule has 0 spiro atoms. The molecule has 0 saturated carbocycles. The Kier molecular flexibility index (Phi) is 5.72. The predicted molar refractivity (Wildman–Crippen MR) is 84.3 cm³/mol. The number of carboxylic acids is 1. The maximum absolute atomic E-state index is 11.4. The molecule has 1 aromatic rings. The van der Waals surface area contributed by atoms with Gasteiger partial charge in [-0.1, -0.05) is 20.8 Å². The lowest BCUT2D eigenvalue weighted by Crippen LogP contribution is -2.35. The summed E-state index contributed by atoms with van der Waals surface area (Å²) in [6.07, 6.45) is 0. The molecule has 0 aliphatic heterocycles. The molecule has 1 rings (SSSR count). The van der Waals surface area contributed by atoms with Crippen LogP contribution in [0.15, 0.2) is 12.1 Å². The van der Waals surface area contributed by atoms with E-state index in [4.69, 9.17) is 4.74 Å². The van der Waals surface area contributed by atoms with Crippen LogP contribution in [-0.2, 0) is 10.2 Å². The van der Waals surface area contributed by atoms with E-state index in [9.17, 15) is 9.90 Å². The number of ether oxygens (including phenoxy) is 1. The average Bonchev–Trinajstić information content (AvgIpc) is 2.37. The van der Waals surface area contributed by atoms with Crippen molar-refractivity contribution in [3.63, 3.8) is 0 Å². The fraction of sp³-hybridized carbons (Fsp3) is 0.625. The highest BCUT2D eigenvalue weighted by Gasteiger charge is 2.21. The minimum absolute atomic E-state index is 0.204. The molecule has 1 aromatic heterocycles. The zero-order valence-corrected chi connectivity index (χ0v) is 13.8. The molecule has 1 N–H and O–H groups in total. The molecule has 0 bridgehead atoms. The van der Waals surface area contributed by atoms with E-state index in [0.717, 1.165) is 5.69 Å². The molecule has 21 heavy (non-hydrogen) atoms. The normalized spacial score (nSPS) is 11.8. The zero-order valence-electron chi connectivity index (χ0n) is 13.8. The van der Waals surface area contributed by atoms with E-state index in [0.29, 0.717) is 19.0 Å². The minimum Gasteiger partial charge on any atom is -0.478 e. The molecule has 0 saturated heterocycles. The van der Waals surface area contributed by atoms with Gasteiger partial charge >= 0.3 is 5.97 Å². The van der Waals surface area contributed by atoms with E-state index in [2.05, 4.69) is 23.7 Å².